The lowest BCUT2D eigenvalue weighted by Crippen LogP contribution is -2.34. The number of rotatable bonds is 5. The Balaban J connectivity index is 0. The SMILES string of the molecule is C=CC[C@@H](CNC)NC.CC.Cc1ccccc1Cl. The summed E-state index contributed by atoms with van der Waals surface area (Å²) in [6, 6.07) is 8.31. The molecule has 0 aliphatic rings. The summed E-state index contributed by atoms with van der Waals surface area (Å²) in [6.45, 7) is 10.7. The minimum absolute atomic E-state index is 0.535. The van der Waals surface area contributed by atoms with Crippen LogP contribution in [0, 0.1) is 6.92 Å². The fraction of sp³-hybridized carbons (Fsp3) is 0.500. The van der Waals surface area contributed by atoms with Crippen LogP contribution in [0.4, 0.5) is 0 Å². The quantitative estimate of drug-likeness (QED) is 0.797. The van der Waals surface area contributed by atoms with Gasteiger partial charge in [-0.1, -0.05) is 49.7 Å². The summed E-state index contributed by atoms with van der Waals surface area (Å²) in [5.74, 6) is 0. The smallest absolute Gasteiger partial charge is 0.0435 e. The molecule has 0 spiro atoms. The molecule has 0 aliphatic heterocycles. The van der Waals surface area contributed by atoms with Crippen LogP contribution in [-0.2, 0) is 0 Å². The second-order valence-electron chi connectivity index (χ2n) is 3.82. The molecular weight excluding hydrogens is 256 g/mol. The van der Waals surface area contributed by atoms with E-state index in [0.29, 0.717) is 6.04 Å². The van der Waals surface area contributed by atoms with Gasteiger partial charge in [-0.15, -0.1) is 6.58 Å². The van der Waals surface area contributed by atoms with Crippen molar-refractivity contribution in [1.29, 1.82) is 0 Å². The van der Waals surface area contributed by atoms with Gasteiger partial charge in [0.2, 0.25) is 0 Å². The van der Waals surface area contributed by atoms with Crippen LogP contribution in [0.3, 0.4) is 0 Å². The molecule has 1 atom stereocenters. The number of likely N-dealkylation sites (N-methyl/N-ethyl adjacent to an activating group) is 2. The van der Waals surface area contributed by atoms with Crippen LogP contribution in [-0.4, -0.2) is 26.7 Å². The molecule has 2 nitrogen and oxygen atoms in total. The Morgan fingerprint density at radius 3 is 2.16 bits per heavy atom. The Bertz CT molecular complexity index is 292. The second-order valence-corrected chi connectivity index (χ2v) is 4.22. The molecule has 0 amide bonds. The third-order valence-electron chi connectivity index (χ3n) is 2.39. The first-order valence-electron chi connectivity index (χ1n) is 6.79. The van der Waals surface area contributed by atoms with Crippen molar-refractivity contribution in [2.75, 3.05) is 20.6 Å². The molecule has 0 saturated carbocycles. The molecule has 110 valence electrons. The number of hydrogen-bond donors (Lipinski definition) is 2. The van der Waals surface area contributed by atoms with Gasteiger partial charge in [-0.05, 0) is 39.1 Å². The highest BCUT2D eigenvalue weighted by molar-refractivity contribution is 6.31. The summed E-state index contributed by atoms with van der Waals surface area (Å²) < 4.78 is 0. The lowest BCUT2D eigenvalue weighted by molar-refractivity contribution is 0.538. The number of benzene rings is 1. The van der Waals surface area contributed by atoms with E-state index in [2.05, 4.69) is 17.2 Å². The highest BCUT2D eigenvalue weighted by Gasteiger charge is 1.98. The molecule has 0 aliphatic carbocycles. The molecule has 0 fully saturated rings. The van der Waals surface area contributed by atoms with Gasteiger partial charge in [0.25, 0.3) is 0 Å². The highest BCUT2D eigenvalue weighted by atomic mass is 35.5. The van der Waals surface area contributed by atoms with Gasteiger partial charge in [0.15, 0.2) is 0 Å². The first-order valence-corrected chi connectivity index (χ1v) is 7.17. The van der Waals surface area contributed by atoms with Gasteiger partial charge in [-0.2, -0.15) is 0 Å². The van der Waals surface area contributed by atoms with Crippen LogP contribution in [0.1, 0.15) is 25.8 Å². The predicted octanol–water partition coefficient (Wildman–Crippen LogP) is 4.04. The number of nitrogens with one attached hydrogen (secondary N) is 2. The van der Waals surface area contributed by atoms with Crippen LogP contribution >= 0.6 is 11.6 Å². The largest absolute Gasteiger partial charge is 0.318 e. The first-order chi connectivity index (χ1) is 9.15. The Labute approximate surface area is 124 Å². The molecule has 0 unspecified atom stereocenters. The summed E-state index contributed by atoms with van der Waals surface area (Å²) in [6.07, 6.45) is 2.95. The van der Waals surface area contributed by atoms with Crippen LogP contribution in [0.25, 0.3) is 0 Å². The van der Waals surface area contributed by atoms with Gasteiger partial charge in [-0.25, -0.2) is 0 Å². The Kier molecular flexibility index (Phi) is 16.4. The summed E-state index contributed by atoms with van der Waals surface area (Å²) in [7, 11) is 3.92. The van der Waals surface area contributed by atoms with Gasteiger partial charge in [-0.3, -0.25) is 0 Å². The third-order valence-corrected chi connectivity index (χ3v) is 2.81. The van der Waals surface area contributed by atoms with Gasteiger partial charge in [0.1, 0.15) is 0 Å². The maximum Gasteiger partial charge on any atom is 0.0435 e. The van der Waals surface area contributed by atoms with Gasteiger partial charge in [0.05, 0.1) is 0 Å². The van der Waals surface area contributed by atoms with E-state index in [1.807, 2.05) is 65.2 Å². The molecule has 1 aromatic rings. The van der Waals surface area contributed by atoms with Crippen molar-refractivity contribution < 1.29 is 0 Å². The topological polar surface area (TPSA) is 24.1 Å². The van der Waals surface area contributed by atoms with E-state index in [0.717, 1.165) is 23.6 Å². The second kappa shape index (κ2) is 15.2. The summed E-state index contributed by atoms with van der Waals surface area (Å²) in [4.78, 5) is 0. The maximum atomic E-state index is 5.71. The van der Waals surface area contributed by atoms with Crippen molar-refractivity contribution in [1.82, 2.24) is 10.6 Å². The molecule has 1 aromatic carbocycles. The third kappa shape index (κ3) is 12.0. The molecule has 0 bridgehead atoms. The Morgan fingerprint density at radius 1 is 1.26 bits per heavy atom. The average molecular weight is 285 g/mol. The zero-order chi connectivity index (χ0) is 15.1. The maximum absolute atomic E-state index is 5.71. The number of aryl methyl sites for hydroxylation is 1. The molecule has 19 heavy (non-hydrogen) atoms. The summed E-state index contributed by atoms with van der Waals surface area (Å²) in [5, 5.41) is 7.10. The monoisotopic (exact) mass is 284 g/mol. The van der Waals surface area contributed by atoms with Crippen molar-refractivity contribution in [3.05, 3.63) is 47.5 Å². The van der Waals surface area contributed by atoms with E-state index >= 15 is 0 Å². The highest BCUT2D eigenvalue weighted by Crippen LogP contribution is 2.11. The van der Waals surface area contributed by atoms with Crippen LogP contribution in [0.5, 0.6) is 0 Å². The normalized spacial score (nSPS) is 10.4. The van der Waals surface area contributed by atoms with E-state index in [1.165, 1.54) is 0 Å². The van der Waals surface area contributed by atoms with Crippen molar-refractivity contribution >= 4 is 11.6 Å². The summed E-state index contributed by atoms with van der Waals surface area (Å²) in [5.41, 5.74) is 1.13. The molecular formula is C16H29ClN2. The Hall–Kier alpha value is -0.830. The molecule has 3 heteroatoms. The van der Waals surface area contributed by atoms with E-state index in [4.69, 9.17) is 11.6 Å². The lowest BCUT2D eigenvalue weighted by atomic mass is 10.2. The van der Waals surface area contributed by atoms with Crippen LogP contribution in [0.15, 0.2) is 36.9 Å². The van der Waals surface area contributed by atoms with Gasteiger partial charge in [0, 0.05) is 17.6 Å². The lowest BCUT2D eigenvalue weighted by Gasteiger charge is -2.11. The van der Waals surface area contributed by atoms with E-state index in [-0.39, 0.29) is 0 Å². The predicted molar refractivity (Wildman–Crippen MR) is 89.1 cm³/mol. The number of hydrogen-bond acceptors (Lipinski definition) is 2. The van der Waals surface area contributed by atoms with Crippen LogP contribution < -0.4 is 10.6 Å². The van der Waals surface area contributed by atoms with E-state index in [9.17, 15) is 0 Å². The zero-order valence-corrected chi connectivity index (χ0v) is 13.7. The number of halogens is 1. The molecule has 0 aromatic heterocycles. The summed E-state index contributed by atoms with van der Waals surface area (Å²) >= 11 is 5.71. The molecule has 0 radical (unpaired) electrons. The van der Waals surface area contributed by atoms with Crippen molar-refractivity contribution in [2.45, 2.75) is 33.2 Å². The molecule has 1 rings (SSSR count). The van der Waals surface area contributed by atoms with Crippen molar-refractivity contribution in [3.63, 3.8) is 0 Å². The van der Waals surface area contributed by atoms with E-state index < -0.39 is 0 Å². The van der Waals surface area contributed by atoms with Gasteiger partial charge < -0.3 is 10.6 Å². The van der Waals surface area contributed by atoms with E-state index in [1.54, 1.807) is 0 Å². The molecule has 0 heterocycles. The van der Waals surface area contributed by atoms with Crippen molar-refractivity contribution in [2.24, 2.45) is 0 Å². The zero-order valence-electron chi connectivity index (χ0n) is 13.0. The molecule has 0 saturated heterocycles. The molecule has 2 N–H and O–H groups in total. The fourth-order valence-corrected chi connectivity index (χ4v) is 1.44. The van der Waals surface area contributed by atoms with Gasteiger partial charge >= 0.3 is 0 Å². The van der Waals surface area contributed by atoms with Crippen LogP contribution in [0.2, 0.25) is 5.02 Å². The standard InChI is InChI=1S/C7H7Cl.C7H16N2.C2H6/c1-6-4-2-3-5-7(6)8;1-4-5-7(9-3)6-8-2;1-2/h2-5H,1H3;4,7-9H,1,5-6H2,2-3H3;1-2H3/t;7-;/m.0./s1. The average Bonchev–Trinajstić information content (AvgIpc) is 2.45. The minimum atomic E-state index is 0.535. The Morgan fingerprint density at radius 2 is 1.84 bits per heavy atom. The van der Waals surface area contributed by atoms with Crippen molar-refractivity contribution in [3.8, 4) is 0 Å². The first kappa shape index (κ1) is 20.5. The minimum Gasteiger partial charge on any atom is -0.318 e. The fourth-order valence-electron chi connectivity index (χ4n) is 1.30.